The number of thiophene rings is 1. The van der Waals surface area contributed by atoms with Crippen molar-refractivity contribution in [1.29, 1.82) is 0 Å². The SMILES string of the molecule is CCOC(=O)c1c(NC(=O)C(CC)Oc2c(-c3ccc(C)cc3)oc3ccccc3c2=O)sc(C)c1C. The van der Waals surface area contributed by atoms with Crippen LogP contribution >= 0.6 is 11.3 Å². The molecule has 7 nitrogen and oxygen atoms in total. The van der Waals surface area contributed by atoms with Crippen LogP contribution < -0.4 is 15.5 Å². The molecule has 0 aliphatic rings. The largest absolute Gasteiger partial charge is 0.473 e. The molecule has 0 spiro atoms. The summed E-state index contributed by atoms with van der Waals surface area (Å²) >= 11 is 1.30. The first-order valence-corrected chi connectivity index (χ1v) is 12.9. The number of carbonyl (C=O) groups excluding carboxylic acids is 2. The third kappa shape index (κ3) is 5.29. The van der Waals surface area contributed by atoms with Crippen LogP contribution in [-0.2, 0) is 9.53 Å². The molecule has 0 bridgehead atoms. The van der Waals surface area contributed by atoms with E-state index in [1.54, 1.807) is 38.1 Å². The molecule has 0 aliphatic heterocycles. The van der Waals surface area contributed by atoms with E-state index in [0.717, 1.165) is 16.0 Å². The van der Waals surface area contributed by atoms with Gasteiger partial charge in [-0.1, -0.05) is 48.9 Å². The summed E-state index contributed by atoms with van der Waals surface area (Å²) in [5.74, 6) is -0.749. The van der Waals surface area contributed by atoms with Gasteiger partial charge in [-0.3, -0.25) is 9.59 Å². The second kappa shape index (κ2) is 11.0. The van der Waals surface area contributed by atoms with Crippen molar-refractivity contribution in [2.75, 3.05) is 11.9 Å². The smallest absolute Gasteiger partial charge is 0.341 e. The number of anilines is 1. The summed E-state index contributed by atoms with van der Waals surface area (Å²) in [6, 6.07) is 14.4. The molecule has 0 saturated heterocycles. The average molecular weight is 520 g/mol. The molecule has 2 heterocycles. The van der Waals surface area contributed by atoms with Gasteiger partial charge in [-0.05, 0) is 51.8 Å². The van der Waals surface area contributed by atoms with Crippen molar-refractivity contribution in [3.05, 3.63) is 80.3 Å². The number of amides is 1. The number of carbonyl (C=O) groups is 2. The normalized spacial score (nSPS) is 11.8. The molecule has 4 rings (SSSR count). The molecule has 192 valence electrons. The monoisotopic (exact) mass is 519 g/mol. The zero-order chi connectivity index (χ0) is 26.7. The zero-order valence-corrected chi connectivity index (χ0v) is 22.3. The Hall–Kier alpha value is -3.91. The van der Waals surface area contributed by atoms with Crippen molar-refractivity contribution in [2.45, 2.75) is 47.1 Å². The Morgan fingerprint density at radius 1 is 1.03 bits per heavy atom. The molecule has 1 unspecified atom stereocenters. The second-order valence-electron chi connectivity index (χ2n) is 8.66. The van der Waals surface area contributed by atoms with Crippen LogP contribution in [-0.4, -0.2) is 24.6 Å². The molecule has 0 radical (unpaired) electrons. The van der Waals surface area contributed by atoms with E-state index in [4.69, 9.17) is 13.9 Å². The summed E-state index contributed by atoms with van der Waals surface area (Å²) in [7, 11) is 0. The number of nitrogens with one attached hydrogen (secondary N) is 1. The molecular formula is C29H29NO6S. The first-order chi connectivity index (χ1) is 17.7. The zero-order valence-electron chi connectivity index (χ0n) is 21.5. The van der Waals surface area contributed by atoms with Crippen LogP contribution in [0.3, 0.4) is 0 Å². The Morgan fingerprint density at radius 2 is 1.73 bits per heavy atom. The summed E-state index contributed by atoms with van der Waals surface area (Å²) in [5, 5.41) is 3.58. The quantitative estimate of drug-likeness (QED) is 0.270. The Kier molecular flexibility index (Phi) is 7.78. The van der Waals surface area contributed by atoms with Gasteiger partial charge in [0.1, 0.15) is 10.6 Å². The number of hydrogen-bond donors (Lipinski definition) is 1. The molecule has 0 aliphatic carbocycles. The van der Waals surface area contributed by atoms with E-state index in [1.165, 1.54) is 11.3 Å². The molecule has 1 amide bonds. The van der Waals surface area contributed by atoms with Gasteiger partial charge in [-0.15, -0.1) is 11.3 Å². The molecule has 8 heteroatoms. The van der Waals surface area contributed by atoms with E-state index < -0.39 is 18.0 Å². The molecule has 37 heavy (non-hydrogen) atoms. The highest BCUT2D eigenvalue weighted by Gasteiger charge is 2.28. The van der Waals surface area contributed by atoms with Gasteiger partial charge in [0.25, 0.3) is 5.91 Å². The number of fused-ring (bicyclic) bond motifs is 1. The van der Waals surface area contributed by atoms with Crippen molar-refractivity contribution in [1.82, 2.24) is 0 Å². The Balaban J connectivity index is 1.73. The fraction of sp³-hybridized carbons (Fsp3) is 0.276. The molecule has 1 atom stereocenters. The molecule has 0 saturated carbocycles. The topological polar surface area (TPSA) is 94.8 Å². The van der Waals surface area contributed by atoms with E-state index in [1.807, 2.05) is 45.0 Å². The van der Waals surface area contributed by atoms with Crippen molar-refractivity contribution >= 4 is 39.2 Å². The Morgan fingerprint density at radius 3 is 2.41 bits per heavy atom. The third-order valence-electron chi connectivity index (χ3n) is 6.09. The summed E-state index contributed by atoms with van der Waals surface area (Å²) in [6.45, 7) is 9.40. The summed E-state index contributed by atoms with van der Waals surface area (Å²) in [6.07, 6.45) is -0.727. The lowest BCUT2D eigenvalue weighted by Gasteiger charge is -2.19. The fourth-order valence-corrected chi connectivity index (χ4v) is 5.00. The number of rotatable bonds is 8. The van der Waals surface area contributed by atoms with Gasteiger partial charge < -0.3 is 19.2 Å². The molecular weight excluding hydrogens is 490 g/mol. The maximum absolute atomic E-state index is 13.5. The maximum atomic E-state index is 13.5. The first-order valence-electron chi connectivity index (χ1n) is 12.1. The van der Waals surface area contributed by atoms with Gasteiger partial charge in [-0.2, -0.15) is 0 Å². The van der Waals surface area contributed by atoms with E-state index in [0.29, 0.717) is 27.1 Å². The average Bonchev–Trinajstić information content (AvgIpc) is 3.16. The van der Waals surface area contributed by atoms with Crippen LogP contribution in [0.4, 0.5) is 5.00 Å². The number of aryl methyl sites for hydroxylation is 2. The van der Waals surface area contributed by atoms with Gasteiger partial charge in [0.15, 0.2) is 11.9 Å². The molecule has 1 N–H and O–H groups in total. The van der Waals surface area contributed by atoms with Crippen LogP contribution in [0.1, 0.15) is 46.6 Å². The highest BCUT2D eigenvalue weighted by atomic mass is 32.1. The summed E-state index contributed by atoms with van der Waals surface area (Å²) in [5.41, 5.74) is 2.87. The van der Waals surface area contributed by atoms with Gasteiger partial charge in [0.05, 0.1) is 17.6 Å². The van der Waals surface area contributed by atoms with Crippen molar-refractivity contribution in [3.63, 3.8) is 0 Å². The standard InChI is InChI=1S/C29H29NO6S/c1-6-21(27(32)30-28-23(29(33)34-7-2)17(4)18(5)37-28)35-26-24(31)20-10-8-9-11-22(20)36-25(26)19-14-12-16(3)13-15-19/h8-15,21H,6-7H2,1-5H3,(H,30,32). The predicted octanol–water partition coefficient (Wildman–Crippen LogP) is 6.42. The van der Waals surface area contributed by atoms with E-state index in [9.17, 15) is 14.4 Å². The number of para-hydroxylation sites is 1. The first kappa shape index (κ1) is 26.2. The van der Waals surface area contributed by atoms with Crippen LogP contribution in [0.15, 0.2) is 57.7 Å². The maximum Gasteiger partial charge on any atom is 0.341 e. The molecule has 2 aromatic carbocycles. The highest BCUT2D eigenvalue weighted by molar-refractivity contribution is 7.16. The lowest BCUT2D eigenvalue weighted by Crippen LogP contribution is -2.34. The Bertz CT molecular complexity index is 1520. The third-order valence-corrected chi connectivity index (χ3v) is 7.22. The van der Waals surface area contributed by atoms with Gasteiger partial charge in [0, 0.05) is 10.4 Å². The van der Waals surface area contributed by atoms with Crippen LogP contribution in [0.2, 0.25) is 0 Å². The van der Waals surface area contributed by atoms with Crippen molar-refractivity contribution in [3.8, 4) is 17.1 Å². The van der Waals surface area contributed by atoms with Crippen LogP contribution in [0, 0.1) is 20.8 Å². The van der Waals surface area contributed by atoms with E-state index in [2.05, 4.69) is 5.32 Å². The van der Waals surface area contributed by atoms with Crippen LogP contribution in [0.25, 0.3) is 22.3 Å². The van der Waals surface area contributed by atoms with Crippen molar-refractivity contribution < 1.29 is 23.5 Å². The van der Waals surface area contributed by atoms with E-state index >= 15 is 0 Å². The van der Waals surface area contributed by atoms with Crippen LogP contribution in [0.5, 0.6) is 5.75 Å². The summed E-state index contributed by atoms with van der Waals surface area (Å²) < 4.78 is 17.4. The number of esters is 1. The van der Waals surface area contributed by atoms with Gasteiger partial charge >= 0.3 is 5.97 Å². The highest BCUT2D eigenvalue weighted by Crippen LogP contribution is 2.35. The Labute approximate surface area is 219 Å². The number of ether oxygens (including phenoxy) is 2. The lowest BCUT2D eigenvalue weighted by molar-refractivity contribution is -0.122. The minimum absolute atomic E-state index is 0.0336. The molecule has 2 aromatic heterocycles. The molecule has 0 fully saturated rings. The minimum Gasteiger partial charge on any atom is -0.473 e. The predicted molar refractivity (Wildman–Crippen MR) is 146 cm³/mol. The summed E-state index contributed by atoms with van der Waals surface area (Å²) in [4.78, 5) is 40.3. The number of benzene rings is 2. The lowest BCUT2D eigenvalue weighted by atomic mass is 10.1. The second-order valence-corrected chi connectivity index (χ2v) is 9.89. The van der Waals surface area contributed by atoms with Gasteiger partial charge in [0.2, 0.25) is 11.2 Å². The number of hydrogen-bond acceptors (Lipinski definition) is 7. The fourth-order valence-electron chi connectivity index (χ4n) is 3.95. The molecule has 4 aromatic rings. The van der Waals surface area contributed by atoms with E-state index in [-0.39, 0.29) is 30.0 Å². The van der Waals surface area contributed by atoms with Gasteiger partial charge in [-0.25, -0.2) is 4.79 Å². The van der Waals surface area contributed by atoms with Crippen molar-refractivity contribution in [2.24, 2.45) is 0 Å². The minimum atomic E-state index is -1.01.